The molecule has 3 aromatic carbocycles. The Kier molecular flexibility index (Phi) is 4.09. The van der Waals surface area contributed by atoms with Crippen LogP contribution >= 0.6 is 0 Å². The van der Waals surface area contributed by atoms with Gasteiger partial charge in [0.25, 0.3) is 0 Å². The Bertz CT molecular complexity index is 975. The molecule has 0 spiro atoms. The van der Waals surface area contributed by atoms with Crippen molar-refractivity contribution in [1.82, 2.24) is 9.55 Å². The highest BCUT2D eigenvalue weighted by atomic mass is 16.5. The van der Waals surface area contributed by atoms with Gasteiger partial charge in [0.2, 0.25) is 5.95 Å². The largest absolute Gasteiger partial charge is 0.497 e. The van der Waals surface area contributed by atoms with Crippen LogP contribution in [0.1, 0.15) is 5.56 Å². The molecule has 1 heterocycles. The summed E-state index contributed by atoms with van der Waals surface area (Å²) in [5, 5.41) is 3.43. The molecular formula is C21H19N3O. The second-order valence-corrected chi connectivity index (χ2v) is 5.85. The summed E-state index contributed by atoms with van der Waals surface area (Å²) in [6.07, 6.45) is 0. The quantitative estimate of drug-likeness (QED) is 0.569. The van der Waals surface area contributed by atoms with Gasteiger partial charge in [0.05, 0.1) is 24.7 Å². The predicted molar refractivity (Wildman–Crippen MR) is 102 cm³/mol. The summed E-state index contributed by atoms with van der Waals surface area (Å²) in [6, 6.07) is 26.5. The summed E-state index contributed by atoms with van der Waals surface area (Å²) in [5.74, 6) is 1.67. The molecule has 1 N–H and O–H groups in total. The Hall–Kier alpha value is -3.27. The van der Waals surface area contributed by atoms with E-state index in [-0.39, 0.29) is 0 Å². The van der Waals surface area contributed by atoms with Crippen molar-refractivity contribution in [2.75, 3.05) is 12.4 Å². The van der Waals surface area contributed by atoms with Crippen LogP contribution in [0.25, 0.3) is 11.0 Å². The number of methoxy groups -OCH3 is 1. The Morgan fingerprint density at radius 3 is 2.36 bits per heavy atom. The number of imidazole rings is 1. The van der Waals surface area contributed by atoms with Crippen LogP contribution in [0.5, 0.6) is 5.75 Å². The van der Waals surface area contributed by atoms with E-state index in [4.69, 9.17) is 9.72 Å². The number of nitrogens with zero attached hydrogens (tertiary/aromatic N) is 2. The van der Waals surface area contributed by atoms with E-state index >= 15 is 0 Å². The molecule has 0 bridgehead atoms. The zero-order valence-corrected chi connectivity index (χ0v) is 14.0. The van der Waals surface area contributed by atoms with Gasteiger partial charge in [-0.3, -0.25) is 0 Å². The lowest BCUT2D eigenvalue weighted by Gasteiger charge is -2.11. The molecule has 0 radical (unpaired) electrons. The van der Waals surface area contributed by atoms with E-state index in [1.807, 2.05) is 48.5 Å². The first-order valence-electron chi connectivity index (χ1n) is 8.24. The van der Waals surface area contributed by atoms with Gasteiger partial charge in [-0.15, -0.1) is 0 Å². The topological polar surface area (TPSA) is 39.1 Å². The van der Waals surface area contributed by atoms with Crippen molar-refractivity contribution in [1.29, 1.82) is 0 Å². The molecular weight excluding hydrogens is 310 g/mol. The lowest BCUT2D eigenvalue weighted by atomic mass is 10.2. The van der Waals surface area contributed by atoms with Gasteiger partial charge in [-0.25, -0.2) is 4.98 Å². The fourth-order valence-corrected chi connectivity index (χ4v) is 2.90. The first-order valence-corrected chi connectivity index (χ1v) is 8.24. The van der Waals surface area contributed by atoms with E-state index in [9.17, 15) is 0 Å². The lowest BCUT2D eigenvalue weighted by Crippen LogP contribution is -2.05. The molecule has 4 rings (SSSR count). The number of fused-ring (bicyclic) bond motifs is 1. The van der Waals surface area contributed by atoms with Gasteiger partial charge in [-0.1, -0.05) is 42.5 Å². The third kappa shape index (κ3) is 3.19. The van der Waals surface area contributed by atoms with Crippen molar-refractivity contribution >= 4 is 22.7 Å². The van der Waals surface area contributed by atoms with Crippen LogP contribution < -0.4 is 10.1 Å². The molecule has 0 atom stereocenters. The third-order valence-electron chi connectivity index (χ3n) is 4.18. The number of nitrogens with one attached hydrogen (secondary N) is 1. The summed E-state index contributed by atoms with van der Waals surface area (Å²) in [6.45, 7) is 0.764. The van der Waals surface area contributed by atoms with Gasteiger partial charge < -0.3 is 14.6 Å². The van der Waals surface area contributed by atoms with Gasteiger partial charge in [-0.05, 0) is 42.0 Å². The van der Waals surface area contributed by atoms with E-state index in [2.05, 4.69) is 40.2 Å². The summed E-state index contributed by atoms with van der Waals surface area (Å²) < 4.78 is 7.42. The van der Waals surface area contributed by atoms with E-state index < -0.39 is 0 Å². The summed E-state index contributed by atoms with van der Waals surface area (Å²) >= 11 is 0. The van der Waals surface area contributed by atoms with E-state index in [1.54, 1.807) is 7.11 Å². The molecule has 0 saturated carbocycles. The molecule has 0 saturated heterocycles. The number of benzene rings is 3. The van der Waals surface area contributed by atoms with Crippen LogP contribution in [0.15, 0.2) is 78.9 Å². The van der Waals surface area contributed by atoms with Crippen LogP contribution in [0.3, 0.4) is 0 Å². The Balaban J connectivity index is 1.72. The highest BCUT2D eigenvalue weighted by Gasteiger charge is 2.11. The molecule has 0 aliphatic rings. The van der Waals surface area contributed by atoms with Gasteiger partial charge >= 0.3 is 0 Å². The average molecular weight is 329 g/mol. The van der Waals surface area contributed by atoms with Crippen molar-refractivity contribution in [3.8, 4) is 5.75 Å². The van der Waals surface area contributed by atoms with E-state index in [1.165, 1.54) is 5.56 Å². The second kappa shape index (κ2) is 6.69. The molecule has 4 aromatic rings. The zero-order valence-electron chi connectivity index (χ0n) is 14.0. The molecule has 0 fully saturated rings. The molecule has 0 aliphatic heterocycles. The SMILES string of the molecule is COc1ccc(Nc2nc3ccccc3n2Cc2ccccc2)cc1. The number of hydrogen-bond acceptors (Lipinski definition) is 3. The minimum Gasteiger partial charge on any atom is -0.497 e. The number of rotatable bonds is 5. The molecule has 25 heavy (non-hydrogen) atoms. The van der Waals surface area contributed by atoms with Crippen LogP contribution in [0.4, 0.5) is 11.6 Å². The fourth-order valence-electron chi connectivity index (χ4n) is 2.90. The van der Waals surface area contributed by atoms with Crippen LogP contribution in [-0.4, -0.2) is 16.7 Å². The summed E-state index contributed by atoms with van der Waals surface area (Å²) in [5.41, 5.74) is 4.31. The number of para-hydroxylation sites is 2. The number of aromatic nitrogens is 2. The standard InChI is InChI=1S/C21H19N3O/c1-25-18-13-11-17(12-14-18)22-21-23-19-9-5-6-10-20(19)24(21)15-16-7-3-2-4-8-16/h2-14H,15H2,1H3,(H,22,23). The minimum absolute atomic E-state index is 0.764. The van der Waals surface area contributed by atoms with Crippen molar-refractivity contribution in [2.24, 2.45) is 0 Å². The van der Waals surface area contributed by atoms with Crippen molar-refractivity contribution in [2.45, 2.75) is 6.54 Å². The van der Waals surface area contributed by atoms with Gasteiger partial charge in [-0.2, -0.15) is 0 Å². The molecule has 4 nitrogen and oxygen atoms in total. The van der Waals surface area contributed by atoms with E-state index in [0.717, 1.165) is 35.0 Å². The average Bonchev–Trinajstić information content (AvgIpc) is 3.00. The maximum Gasteiger partial charge on any atom is 0.208 e. The lowest BCUT2D eigenvalue weighted by molar-refractivity contribution is 0.415. The third-order valence-corrected chi connectivity index (χ3v) is 4.18. The second-order valence-electron chi connectivity index (χ2n) is 5.85. The number of hydrogen-bond donors (Lipinski definition) is 1. The molecule has 4 heteroatoms. The molecule has 124 valence electrons. The van der Waals surface area contributed by atoms with Crippen molar-refractivity contribution < 1.29 is 4.74 Å². The van der Waals surface area contributed by atoms with Gasteiger partial charge in [0.15, 0.2) is 0 Å². The minimum atomic E-state index is 0.764. The normalized spacial score (nSPS) is 10.8. The highest BCUT2D eigenvalue weighted by molar-refractivity contribution is 5.79. The first kappa shape index (κ1) is 15.3. The van der Waals surface area contributed by atoms with E-state index in [0.29, 0.717) is 0 Å². The molecule has 0 unspecified atom stereocenters. The first-order chi connectivity index (χ1) is 12.3. The predicted octanol–water partition coefficient (Wildman–Crippen LogP) is 4.84. The maximum absolute atomic E-state index is 5.22. The van der Waals surface area contributed by atoms with Gasteiger partial charge in [0.1, 0.15) is 5.75 Å². The molecule has 1 aromatic heterocycles. The molecule has 0 aliphatic carbocycles. The van der Waals surface area contributed by atoms with Crippen molar-refractivity contribution in [3.63, 3.8) is 0 Å². The maximum atomic E-state index is 5.22. The van der Waals surface area contributed by atoms with Crippen LogP contribution in [0.2, 0.25) is 0 Å². The number of anilines is 2. The zero-order chi connectivity index (χ0) is 17.1. The molecule has 0 amide bonds. The van der Waals surface area contributed by atoms with Crippen molar-refractivity contribution in [3.05, 3.63) is 84.4 Å². The Morgan fingerprint density at radius 1 is 0.880 bits per heavy atom. The van der Waals surface area contributed by atoms with Crippen LogP contribution in [-0.2, 0) is 6.54 Å². The highest BCUT2D eigenvalue weighted by Crippen LogP contribution is 2.25. The fraction of sp³-hybridized carbons (Fsp3) is 0.0952. The van der Waals surface area contributed by atoms with Gasteiger partial charge in [0, 0.05) is 5.69 Å². The summed E-state index contributed by atoms with van der Waals surface area (Å²) in [4.78, 5) is 4.77. The van der Waals surface area contributed by atoms with Crippen LogP contribution in [0, 0.1) is 0 Å². The summed E-state index contributed by atoms with van der Waals surface area (Å²) in [7, 11) is 1.67. The monoisotopic (exact) mass is 329 g/mol. The smallest absolute Gasteiger partial charge is 0.208 e. The number of ether oxygens (including phenoxy) is 1. The Labute approximate surface area is 146 Å². The Morgan fingerprint density at radius 2 is 1.60 bits per heavy atom.